The zero-order valence-corrected chi connectivity index (χ0v) is 10.3. The molecule has 92 valence electrons. The van der Waals surface area contributed by atoms with Crippen molar-refractivity contribution >= 4 is 23.3 Å². The molecule has 0 saturated heterocycles. The predicted molar refractivity (Wildman–Crippen MR) is 68.4 cm³/mol. The number of carbonyl (C=O) groups is 2. The molecule has 0 fully saturated rings. The van der Waals surface area contributed by atoms with Crippen molar-refractivity contribution < 1.29 is 19.8 Å². The summed E-state index contributed by atoms with van der Waals surface area (Å²) in [6.45, 7) is 1.52. The van der Waals surface area contributed by atoms with Crippen LogP contribution in [0.15, 0.2) is 30.3 Å². The van der Waals surface area contributed by atoms with Gasteiger partial charge in [0.25, 0.3) is 0 Å². The van der Waals surface area contributed by atoms with Crippen molar-refractivity contribution in [3.05, 3.63) is 46.3 Å². The van der Waals surface area contributed by atoms with Crippen molar-refractivity contribution in [2.24, 2.45) is 0 Å². The van der Waals surface area contributed by atoms with Crippen LogP contribution in [0.1, 0.15) is 25.6 Å². The van der Waals surface area contributed by atoms with Gasteiger partial charge < -0.3 is 10.2 Å². The summed E-state index contributed by atoms with van der Waals surface area (Å²) in [7, 11) is 0. The first-order valence-corrected chi connectivity index (χ1v) is 5.99. The number of carboxylic acid groups (broad SMARTS) is 2. The second-order valence-corrected chi connectivity index (χ2v) is 4.76. The molecule has 1 aromatic carbocycles. The molecular weight excluding hydrogens is 252 g/mol. The zero-order chi connectivity index (χ0) is 13.3. The molecule has 2 N–H and O–H groups in total. The molecule has 0 amide bonds. The van der Waals surface area contributed by atoms with E-state index in [9.17, 15) is 14.7 Å². The van der Waals surface area contributed by atoms with E-state index < -0.39 is 11.9 Å². The largest absolute Gasteiger partial charge is 0.478 e. The van der Waals surface area contributed by atoms with Gasteiger partial charge in [0.15, 0.2) is 0 Å². The van der Waals surface area contributed by atoms with Gasteiger partial charge in [-0.15, -0.1) is 11.3 Å². The Morgan fingerprint density at radius 1 is 1.06 bits per heavy atom. The quantitative estimate of drug-likeness (QED) is 0.891. The molecule has 0 saturated carbocycles. The summed E-state index contributed by atoms with van der Waals surface area (Å²) in [5.74, 6) is -2.20. The molecule has 0 bridgehead atoms. The van der Waals surface area contributed by atoms with Crippen molar-refractivity contribution in [1.29, 1.82) is 0 Å². The lowest BCUT2D eigenvalue weighted by Gasteiger charge is -2.00. The van der Waals surface area contributed by atoms with E-state index >= 15 is 0 Å². The van der Waals surface area contributed by atoms with Gasteiger partial charge in [-0.1, -0.05) is 30.3 Å². The lowest BCUT2D eigenvalue weighted by Crippen LogP contribution is -2.01. The minimum atomic E-state index is -1.10. The summed E-state index contributed by atoms with van der Waals surface area (Å²) in [5, 5.41) is 18.3. The highest BCUT2D eigenvalue weighted by Crippen LogP contribution is 2.36. The van der Waals surface area contributed by atoms with Crippen LogP contribution in [0.3, 0.4) is 0 Å². The third-order valence-corrected chi connectivity index (χ3v) is 3.92. The van der Waals surface area contributed by atoms with Gasteiger partial charge in [-0.25, -0.2) is 9.59 Å². The molecular formula is C13H10O4S. The number of aromatic carboxylic acids is 2. The van der Waals surface area contributed by atoms with Gasteiger partial charge in [-0.05, 0) is 18.1 Å². The smallest absolute Gasteiger partial charge is 0.346 e. The van der Waals surface area contributed by atoms with Crippen LogP contribution < -0.4 is 0 Å². The molecule has 0 unspecified atom stereocenters. The van der Waals surface area contributed by atoms with Crippen LogP contribution in [-0.2, 0) is 0 Å². The van der Waals surface area contributed by atoms with Crippen LogP contribution in [0, 0.1) is 6.92 Å². The standard InChI is InChI=1S/C13H10O4S/c1-7-9(12(14)15)11(18-10(7)13(16)17)8-5-3-2-4-6-8/h2-6H,1H3,(H,14,15)(H,16,17). The van der Waals surface area contributed by atoms with Gasteiger partial charge >= 0.3 is 11.9 Å². The van der Waals surface area contributed by atoms with Crippen molar-refractivity contribution in [2.45, 2.75) is 6.92 Å². The maximum absolute atomic E-state index is 11.3. The molecule has 2 rings (SSSR count). The number of carboxylic acids is 2. The van der Waals surface area contributed by atoms with Crippen LogP contribution in [0.4, 0.5) is 0 Å². The molecule has 4 nitrogen and oxygen atoms in total. The first-order valence-electron chi connectivity index (χ1n) is 5.17. The molecule has 18 heavy (non-hydrogen) atoms. The van der Waals surface area contributed by atoms with Crippen molar-refractivity contribution in [3.8, 4) is 10.4 Å². The Balaban J connectivity index is 2.71. The maximum atomic E-state index is 11.3. The Bertz CT molecular complexity index is 613. The summed E-state index contributed by atoms with van der Waals surface area (Å²) in [6, 6.07) is 8.93. The number of hydrogen-bond donors (Lipinski definition) is 2. The molecule has 0 spiro atoms. The molecule has 2 aromatic rings. The van der Waals surface area contributed by atoms with Crippen LogP contribution in [0.25, 0.3) is 10.4 Å². The number of hydrogen-bond acceptors (Lipinski definition) is 3. The average molecular weight is 262 g/mol. The Labute approximate surface area is 107 Å². The van der Waals surface area contributed by atoms with Crippen LogP contribution in [-0.4, -0.2) is 22.2 Å². The Morgan fingerprint density at radius 2 is 1.67 bits per heavy atom. The molecule has 0 aliphatic heterocycles. The third kappa shape index (κ3) is 2.00. The first-order chi connectivity index (χ1) is 8.52. The van der Waals surface area contributed by atoms with Crippen molar-refractivity contribution in [1.82, 2.24) is 0 Å². The summed E-state index contributed by atoms with van der Waals surface area (Å²) in [4.78, 5) is 22.9. The molecule has 0 radical (unpaired) electrons. The fourth-order valence-corrected chi connectivity index (χ4v) is 2.91. The highest BCUT2D eigenvalue weighted by molar-refractivity contribution is 7.18. The molecule has 0 aliphatic carbocycles. The van der Waals surface area contributed by atoms with Crippen molar-refractivity contribution in [3.63, 3.8) is 0 Å². The van der Waals surface area contributed by atoms with Crippen LogP contribution in [0.2, 0.25) is 0 Å². The second-order valence-electron chi connectivity index (χ2n) is 3.74. The monoisotopic (exact) mass is 262 g/mol. The van der Waals surface area contributed by atoms with Gasteiger partial charge in [-0.3, -0.25) is 0 Å². The lowest BCUT2D eigenvalue weighted by molar-refractivity contribution is 0.0696. The average Bonchev–Trinajstić information content (AvgIpc) is 2.68. The minimum Gasteiger partial charge on any atom is -0.478 e. The highest BCUT2D eigenvalue weighted by atomic mass is 32.1. The predicted octanol–water partition coefficient (Wildman–Crippen LogP) is 3.12. The van der Waals surface area contributed by atoms with E-state index in [4.69, 9.17) is 5.11 Å². The van der Waals surface area contributed by atoms with E-state index in [0.717, 1.165) is 16.9 Å². The van der Waals surface area contributed by atoms with E-state index in [-0.39, 0.29) is 10.4 Å². The maximum Gasteiger partial charge on any atom is 0.346 e. The Kier molecular flexibility index (Phi) is 3.16. The lowest BCUT2D eigenvalue weighted by atomic mass is 10.1. The van der Waals surface area contributed by atoms with E-state index in [0.29, 0.717) is 10.4 Å². The van der Waals surface area contributed by atoms with Crippen molar-refractivity contribution in [2.75, 3.05) is 0 Å². The minimum absolute atomic E-state index is 0.0728. The zero-order valence-electron chi connectivity index (χ0n) is 9.51. The van der Waals surface area contributed by atoms with Gasteiger partial charge in [0.05, 0.1) is 5.56 Å². The van der Waals surface area contributed by atoms with Gasteiger partial charge in [-0.2, -0.15) is 0 Å². The Morgan fingerprint density at radius 3 is 2.17 bits per heavy atom. The Hall–Kier alpha value is -2.14. The van der Waals surface area contributed by atoms with Gasteiger partial charge in [0.1, 0.15) is 4.88 Å². The third-order valence-electron chi connectivity index (χ3n) is 2.59. The first kappa shape index (κ1) is 12.3. The van der Waals surface area contributed by atoms with E-state index in [1.54, 1.807) is 24.3 Å². The van der Waals surface area contributed by atoms with Crippen LogP contribution in [0.5, 0.6) is 0 Å². The molecule has 0 atom stereocenters. The topological polar surface area (TPSA) is 74.6 Å². The summed E-state index contributed by atoms with van der Waals surface area (Å²) < 4.78 is 0. The molecule has 1 aromatic heterocycles. The van der Waals surface area contributed by atoms with Gasteiger partial charge in [0, 0.05) is 4.88 Å². The van der Waals surface area contributed by atoms with E-state index in [1.807, 2.05) is 6.07 Å². The highest BCUT2D eigenvalue weighted by Gasteiger charge is 2.24. The molecule has 5 heteroatoms. The molecule has 0 aliphatic rings. The molecule has 1 heterocycles. The second kappa shape index (κ2) is 4.62. The summed E-state index contributed by atoms with van der Waals surface area (Å²) in [6.07, 6.45) is 0. The number of thiophene rings is 1. The van der Waals surface area contributed by atoms with Gasteiger partial charge in [0.2, 0.25) is 0 Å². The normalized spacial score (nSPS) is 10.3. The van der Waals surface area contributed by atoms with E-state index in [1.165, 1.54) is 6.92 Å². The number of rotatable bonds is 3. The summed E-state index contributed by atoms with van der Waals surface area (Å²) >= 11 is 0.995. The SMILES string of the molecule is Cc1c(C(=O)O)sc(-c2ccccc2)c1C(=O)O. The fraction of sp³-hybridized carbons (Fsp3) is 0.0769. The van der Waals surface area contributed by atoms with E-state index in [2.05, 4.69) is 0 Å². The number of benzene rings is 1. The fourth-order valence-electron chi connectivity index (χ4n) is 1.77. The van der Waals surface area contributed by atoms with Crippen LogP contribution >= 0.6 is 11.3 Å². The summed E-state index contributed by atoms with van der Waals surface area (Å²) in [5.41, 5.74) is 1.10.